The summed E-state index contributed by atoms with van der Waals surface area (Å²) in [5.74, 6) is -0.478. The molecule has 13 heteroatoms. The largest absolute Gasteiger partial charge is 0.472 e. The molecule has 0 aromatic carbocycles. The van der Waals surface area contributed by atoms with Gasteiger partial charge in [0.05, 0.1) is 13.2 Å². The van der Waals surface area contributed by atoms with Gasteiger partial charge < -0.3 is 39.9 Å². The zero-order valence-corrected chi connectivity index (χ0v) is 38.7. The third kappa shape index (κ3) is 30.0. The molecule has 6 unspecified atom stereocenters. The molecule has 0 aromatic heterocycles. The molecule has 6 N–H and O–H groups in total. The van der Waals surface area contributed by atoms with Crippen molar-refractivity contribution in [2.45, 2.75) is 249 Å². The number of hydrogen-bond donors (Lipinski definition) is 6. The lowest BCUT2D eigenvalue weighted by Crippen LogP contribution is -2.64. The van der Waals surface area contributed by atoms with E-state index in [0.29, 0.717) is 13.0 Å². The lowest BCUT2D eigenvalue weighted by molar-refractivity contribution is -0.220. The number of aliphatic hydroxyl groups is 5. The first-order chi connectivity index (χ1) is 29.0. The molecule has 354 valence electrons. The molecule has 0 saturated heterocycles. The highest BCUT2D eigenvalue weighted by Crippen LogP contribution is 2.47. The summed E-state index contributed by atoms with van der Waals surface area (Å²) in [7, 11) is -5.02. The average Bonchev–Trinajstić information content (AvgIpc) is 3.23. The minimum absolute atomic E-state index is 0.0800. The van der Waals surface area contributed by atoms with Gasteiger partial charge in [0.1, 0.15) is 42.7 Å². The molecule has 1 saturated carbocycles. The van der Waals surface area contributed by atoms with Crippen molar-refractivity contribution in [2.24, 2.45) is 0 Å². The first-order valence-electron chi connectivity index (χ1n) is 24.2. The number of carbonyl (C=O) groups excluding carboxylic acids is 1. The van der Waals surface area contributed by atoms with Crippen molar-refractivity contribution in [3.05, 3.63) is 24.3 Å². The van der Waals surface area contributed by atoms with Crippen molar-refractivity contribution in [2.75, 3.05) is 19.8 Å². The van der Waals surface area contributed by atoms with Gasteiger partial charge in [-0.25, -0.2) is 4.57 Å². The fourth-order valence-electron chi connectivity index (χ4n) is 7.45. The van der Waals surface area contributed by atoms with Crippen LogP contribution in [-0.4, -0.2) is 98.9 Å². The van der Waals surface area contributed by atoms with E-state index in [-0.39, 0.29) is 13.0 Å². The molecule has 0 radical (unpaired) electrons. The SMILES string of the molecule is CCCCCC/C=C\C/C=C\CCCCCCCCOCC(COP(=O)(O)OC1C(O)C(O)C(O)C(O)C1O)OC(=O)CCCCCCCCCCCCCCCCCC. The first-order valence-corrected chi connectivity index (χ1v) is 25.7. The quantitative estimate of drug-likeness (QED) is 0.0148. The van der Waals surface area contributed by atoms with Crippen molar-refractivity contribution < 1.29 is 58.3 Å². The highest BCUT2D eigenvalue weighted by molar-refractivity contribution is 7.47. The van der Waals surface area contributed by atoms with Crippen LogP contribution in [0.5, 0.6) is 0 Å². The van der Waals surface area contributed by atoms with Gasteiger partial charge >= 0.3 is 13.8 Å². The summed E-state index contributed by atoms with van der Waals surface area (Å²) in [6, 6.07) is 0. The van der Waals surface area contributed by atoms with Crippen molar-refractivity contribution in [3.8, 4) is 0 Å². The van der Waals surface area contributed by atoms with Gasteiger partial charge in [0.2, 0.25) is 0 Å². The predicted molar refractivity (Wildman–Crippen MR) is 240 cm³/mol. The second-order valence-corrected chi connectivity index (χ2v) is 18.4. The van der Waals surface area contributed by atoms with Gasteiger partial charge in [-0.15, -0.1) is 0 Å². The lowest BCUT2D eigenvalue weighted by atomic mass is 9.85. The molecule has 12 nitrogen and oxygen atoms in total. The van der Waals surface area contributed by atoms with E-state index in [4.69, 9.17) is 18.5 Å². The number of unbranched alkanes of at least 4 members (excludes halogenated alkanes) is 25. The molecule has 60 heavy (non-hydrogen) atoms. The standard InChI is InChI=1S/C47H89O12P/c1-3-5-7-9-11-13-15-17-19-21-23-25-27-29-31-33-35-37-56-38-40(39-57-60(54,55)59-47-45(52)43(50)42(49)44(51)46(47)53)58-41(48)36-34-32-30-28-26-24-22-20-18-16-14-12-10-8-6-4-2/h13,15,19,21,40,42-47,49-53H,3-12,14,16-18,20,22-39H2,1-2H3,(H,54,55)/b15-13-,21-19-. The normalized spacial score (nSPS) is 22.5. The van der Waals surface area contributed by atoms with Crippen molar-refractivity contribution in [1.29, 1.82) is 0 Å². The van der Waals surface area contributed by atoms with E-state index in [9.17, 15) is 39.8 Å². The second kappa shape index (κ2) is 38.3. The number of phosphoric ester groups is 1. The molecule has 1 fully saturated rings. The van der Waals surface area contributed by atoms with Crippen molar-refractivity contribution >= 4 is 13.8 Å². The first kappa shape index (κ1) is 56.8. The number of ether oxygens (including phenoxy) is 2. The van der Waals surface area contributed by atoms with Gasteiger partial charge in [0.15, 0.2) is 0 Å². The Morgan fingerprint density at radius 1 is 0.533 bits per heavy atom. The van der Waals surface area contributed by atoms with Crippen LogP contribution in [0.1, 0.15) is 206 Å². The summed E-state index contributed by atoms with van der Waals surface area (Å²) < 4.78 is 34.2. The molecule has 0 aromatic rings. The Balaban J connectivity index is 2.38. The summed E-state index contributed by atoms with van der Waals surface area (Å²) in [5, 5.41) is 50.2. The molecule has 0 spiro atoms. The molecule has 0 amide bonds. The molecule has 6 atom stereocenters. The Bertz CT molecular complexity index is 1090. The highest BCUT2D eigenvalue weighted by Gasteiger charge is 2.51. The van der Waals surface area contributed by atoms with Gasteiger partial charge in [-0.1, -0.05) is 179 Å². The van der Waals surface area contributed by atoms with Crippen LogP contribution in [0.2, 0.25) is 0 Å². The second-order valence-electron chi connectivity index (χ2n) is 17.0. The van der Waals surface area contributed by atoms with E-state index < -0.39 is 63.1 Å². The number of esters is 1. The maximum absolute atomic E-state index is 12.8. The van der Waals surface area contributed by atoms with Crippen LogP contribution in [0.4, 0.5) is 0 Å². The van der Waals surface area contributed by atoms with E-state index in [1.807, 2.05) is 0 Å². The van der Waals surface area contributed by atoms with E-state index >= 15 is 0 Å². The van der Waals surface area contributed by atoms with Crippen LogP contribution >= 0.6 is 7.82 Å². The molecule has 1 aliphatic carbocycles. The minimum atomic E-state index is -5.02. The van der Waals surface area contributed by atoms with Gasteiger partial charge in [-0.05, 0) is 44.9 Å². The number of phosphoric acid groups is 1. The summed E-state index contributed by atoms with van der Waals surface area (Å²) >= 11 is 0. The molecule has 1 aliphatic rings. The number of rotatable bonds is 41. The summed E-state index contributed by atoms with van der Waals surface area (Å²) in [4.78, 5) is 23.2. The zero-order chi connectivity index (χ0) is 44.1. The molecule has 1 rings (SSSR count). The Morgan fingerprint density at radius 2 is 0.933 bits per heavy atom. The highest BCUT2D eigenvalue weighted by atomic mass is 31.2. The number of carbonyl (C=O) groups is 1. The number of aliphatic hydroxyl groups excluding tert-OH is 5. The third-order valence-electron chi connectivity index (χ3n) is 11.3. The fraction of sp³-hybridized carbons (Fsp3) is 0.894. The molecule has 0 heterocycles. The van der Waals surface area contributed by atoms with E-state index in [0.717, 1.165) is 57.8 Å². The minimum Gasteiger partial charge on any atom is -0.457 e. The van der Waals surface area contributed by atoms with Gasteiger partial charge in [0.25, 0.3) is 0 Å². The predicted octanol–water partition coefficient (Wildman–Crippen LogP) is 10.1. The van der Waals surface area contributed by atoms with Crippen LogP contribution in [0.25, 0.3) is 0 Å². The summed E-state index contributed by atoms with van der Waals surface area (Å²) in [6.45, 7) is 4.24. The lowest BCUT2D eigenvalue weighted by Gasteiger charge is -2.41. The maximum Gasteiger partial charge on any atom is 0.472 e. The summed E-state index contributed by atoms with van der Waals surface area (Å²) in [6.07, 6.45) is 31.0. The molecular weight excluding hydrogens is 787 g/mol. The Kier molecular flexibility index (Phi) is 36.3. The van der Waals surface area contributed by atoms with Crippen LogP contribution in [0.3, 0.4) is 0 Å². The maximum atomic E-state index is 12.8. The van der Waals surface area contributed by atoms with Crippen molar-refractivity contribution in [3.63, 3.8) is 0 Å². The third-order valence-corrected chi connectivity index (χ3v) is 12.3. The monoisotopic (exact) mass is 877 g/mol. The molecule has 0 aliphatic heterocycles. The van der Waals surface area contributed by atoms with E-state index in [1.54, 1.807) is 0 Å². The Hall–Kier alpha value is -1.18. The van der Waals surface area contributed by atoms with Crippen LogP contribution < -0.4 is 0 Å². The molecular formula is C47H89O12P. The summed E-state index contributed by atoms with van der Waals surface area (Å²) in [5.41, 5.74) is 0. The van der Waals surface area contributed by atoms with Crippen LogP contribution in [-0.2, 0) is 27.9 Å². The van der Waals surface area contributed by atoms with Crippen LogP contribution in [0.15, 0.2) is 24.3 Å². The van der Waals surface area contributed by atoms with Crippen molar-refractivity contribution in [1.82, 2.24) is 0 Å². The average molecular weight is 877 g/mol. The Labute approximate surface area is 364 Å². The smallest absolute Gasteiger partial charge is 0.457 e. The van der Waals surface area contributed by atoms with Gasteiger partial charge in [-0.2, -0.15) is 0 Å². The number of hydrogen-bond acceptors (Lipinski definition) is 11. The van der Waals surface area contributed by atoms with Crippen LogP contribution in [0, 0.1) is 0 Å². The number of allylic oxidation sites excluding steroid dienone is 4. The van der Waals surface area contributed by atoms with Gasteiger partial charge in [-0.3, -0.25) is 13.8 Å². The van der Waals surface area contributed by atoms with E-state index in [1.165, 1.54) is 122 Å². The van der Waals surface area contributed by atoms with Gasteiger partial charge in [0, 0.05) is 13.0 Å². The molecule has 0 bridgehead atoms. The topological polar surface area (TPSA) is 192 Å². The fourth-order valence-corrected chi connectivity index (χ4v) is 8.42. The zero-order valence-electron chi connectivity index (χ0n) is 37.8. The Morgan fingerprint density at radius 3 is 1.42 bits per heavy atom. The van der Waals surface area contributed by atoms with E-state index in [2.05, 4.69) is 38.2 Å².